The summed E-state index contributed by atoms with van der Waals surface area (Å²) in [6, 6.07) is 4.03. The molecule has 1 atom stereocenters. The molecule has 1 aliphatic rings. The van der Waals surface area contributed by atoms with Crippen molar-refractivity contribution in [1.82, 2.24) is 20.3 Å². The summed E-state index contributed by atoms with van der Waals surface area (Å²) in [7, 11) is 0. The van der Waals surface area contributed by atoms with Gasteiger partial charge >= 0.3 is 11.9 Å². The monoisotopic (exact) mass is 346 g/mol. The lowest BCUT2D eigenvalue weighted by Gasteiger charge is -2.08. The zero-order chi connectivity index (χ0) is 17.8. The van der Waals surface area contributed by atoms with Crippen LogP contribution in [-0.2, 0) is 13.2 Å². The predicted molar refractivity (Wildman–Crippen MR) is 85.7 cm³/mol. The summed E-state index contributed by atoms with van der Waals surface area (Å²) in [5.41, 5.74) is 0.285. The largest absolute Gasteiger partial charge is 0.487 e. The molecular formula is C16H18N4O5. The lowest BCUT2D eigenvalue weighted by molar-refractivity contribution is 0.0696. The highest BCUT2D eigenvalue weighted by molar-refractivity contribution is 5.94. The number of ether oxygens (including phenoxy) is 1. The fourth-order valence-electron chi connectivity index (χ4n) is 2.72. The fourth-order valence-corrected chi connectivity index (χ4v) is 2.72. The first-order valence-corrected chi connectivity index (χ1v) is 7.88. The van der Waals surface area contributed by atoms with E-state index in [0.717, 1.165) is 32.0 Å². The summed E-state index contributed by atoms with van der Waals surface area (Å²) in [6.45, 7) is 1.81. The standard InChI is InChI=1S/C16H18N4O5/c21-15(22)10-4-11(16(23)24)6-14(5-10)25-9-13-8-20(19-18-13)7-12-2-1-3-17-12/h4-6,8,12,17H,1-3,7,9H2,(H,21,22)(H,23,24)/t12-/m0/s1. The van der Waals surface area contributed by atoms with E-state index in [-0.39, 0.29) is 23.5 Å². The van der Waals surface area contributed by atoms with Crippen LogP contribution >= 0.6 is 0 Å². The van der Waals surface area contributed by atoms with Gasteiger partial charge in [0.05, 0.1) is 23.9 Å². The van der Waals surface area contributed by atoms with E-state index in [1.165, 1.54) is 12.1 Å². The molecule has 1 aliphatic heterocycles. The van der Waals surface area contributed by atoms with Crippen LogP contribution in [0, 0.1) is 0 Å². The molecule has 0 bridgehead atoms. The number of carbonyl (C=O) groups is 2. The highest BCUT2D eigenvalue weighted by Gasteiger charge is 2.16. The van der Waals surface area contributed by atoms with Gasteiger partial charge in [0.25, 0.3) is 0 Å². The minimum Gasteiger partial charge on any atom is -0.487 e. The van der Waals surface area contributed by atoms with E-state index in [9.17, 15) is 9.59 Å². The Hall–Kier alpha value is -2.94. The van der Waals surface area contributed by atoms with Crippen molar-refractivity contribution in [2.75, 3.05) is 6.54 Å². The second kappa shape index (κ2) is 7.31. The summed E-state index contributed by atoms with van der Waals surface area (Å²) >= 11 is 0. The van der Waals surface area contributed by atoms with Crippen molar-refractivity contribution in [3.05, 3.63) is 41.2 Å². The number of benzene rings is 1. The third-order valence-electron chi connectivity index (χ3n) is 3.94. The summed E-state index contributed by atoms with van der Waals surface area (Å²) in [5.74, 6) is -2.28. The van der Waals surface area contributed by atoms with Gasteiger partial charge in [0.1, 0.15) is 18.1 Å². The molecule has 1 aromatic heterocycles. The van der Waals surface area contributed by atoms with Gasteiger partial charge in [-0.05, 0) is 37.6 Å². The molecule has 0 saturated carbocycles. The van der Waals surface area contributed by atoms with Gasteiger partial charge in [-0.15, -0.1) is 5.10 Å². The zero-order valence-corrected chi connectivity index (χ0v) is 13.4. The molecule has 0 unspecified atom stereocenters. The van der Waals surface area contributed by atoms with Crippen molar-refractivity contribution in [1.29, 1.82) is 0 Å². The van der Waals surface area contributed by atoms with Crippen LogP contribution in [0.1, 0.15) is 39.3 Å². The van der Waals surface area contributed by atoms with Crippen molar-refractivity contribution in [3.8, 4) is 5.75 Å². The Morgan fingerprint density at radius 3 is 2.56 bits per heavy atom. The fraction of sp³-hybridized carbons (Fsp3) is 0.375. The van der Waals surface area contributed by atoms with E-state index in [2.05, 4.69) is 15.6 Å². The molecule has 0 aliphatic carbocycles. The summed E-state index contributed by atoms with van der Waals surface area (Å²) < 4.78 is 7.23. The lowest BCUT2D eigenvalue weighted by atomic mass is 10.1. The maximum atomic E-state index is 11.1. The number of nitrogens with one attached hydrogen (secondary N) is 1. The quantitative estimate of drug-likeness (QED) is 0.678. The SMILES string of the molecule is O=C(O)c1cc(OCc2cn(C[C@@H]3CCCN3)nn2)cc(C(=O)O)c1. The van der Waals surface area contributed by atoms with E-state index in [1.807, 2.05) is 0 Å². The second-order valence-electron chi connectivity index (χ2n) is 5.87. The topological polar surface area (TPSA) is 127 Å². The third kappa shape index (κ3) is 4.32. The lowest BCUT2D eigenvalue weighted by Crippen LogP contribution is -2.26. The molecule has 1 fully saturated rings. The minimum atomic E-state index is -1.22. The number of nitrogens with zero attached hydrogens (tertiary/aromatic N) is 3. The average Bonchev–Trinajstić information content (AvgIpc) is 3.25. The van der Waals surface area contributed by atoms with Crippen molar-refractivity contribution in [2.45, 2.75) is 32.0 Å². The second-order valence-corrected chi connectivity index (χ2v) is 5.87. The number of aromatic nitrogens is 3. The molecule has 132 valence electrons. The molecule has 2 aromatic rings. The first kappa shape index (κ1) is 16.9. The van der Waals surface area contributed by atoms with Gasteiger partial charge < -0.3 is 20.3 Å². The van der Waals surface area contributed by atoms with Crippen LogP contribution < -0.4 is 10.1 Å². The van der Waals surface area contributed by atoms with Crippen LogP contribution in [-0.4, -0.2) is 49.7 Å². The van der Waals surface area contributed by atoms with Crippen molar-refractivity contribution < 1.29 is 24.5 Å². The van der Waals surface area contributed by atoms with Crippen LogP contribution in [0.15, 0.2) is 24.4 Å². The molecule has 3 rings (SSSR count). The van der Waals surface area contributed by atoms with Crippen molar-refractivity contribution in [3.63, 3.8) is 0 Å². The molecule has 2 heterocycles. The third-order valence-corrected chi connectivity index (χ3v) is 3.94. The highest BCUT2D eigenvalue weighted by Crippen LogP contribution is 2.19. The molecule has 9 nitrogen and oxygen atoms in total. The molecule has 3 N–H and O–H groups in total. The Morgan fingerprint density at radius 1 is 1.24 bits per heavy atom. The molecule has 25 heavy (non-hydrogen) atoms. The van der Waals surface area contributed by atoms with Gasteiger partial charge in [0.15, 0.2) is 0 Å². The number of carboxylic acid groups (broad SMARTS) is 2. The van der Waals surface area contributed by atoms with E-state index < -0.39 is 11.9 Å². The van der Waals surface area contributed by atoms with E-state index in [0.29, 0.717) is 11.7 Å². The average molecular weight is 346 g/mol. The Kier molecular flexibility index (Phi) is 4.94. The smallest absolute Gasteiger partial charge is 0.335 e. The number of hydrogen-bond acceptors (Lipinski definition) is 6. The summed E-state index contributed by atoms with van der Waals surface area (Å²) in [5, 5.41) is 29.6. The van der Waals surface area contributed by atoms with Gasteiger partial charge in [-0.3, -0.25) is 4.68 Å². The number of aromatic carboxylic acids is 2. The van der Waals surface area contributed by atoms with E-state index in [1.54, 1.807) is 10.9 Å². The Labute approximate surface area is 143 Å². The van der Waals surface area contributed by atoms with Crippen LogP contribution in [0.3, 0.4) is 0 Å². The van der Waals surface area contributed by atoms with Crippen molar-refractivity contribution in [2.24, 2.45) is 0 Å². The maximum Gasteiger partial charge on any atom is 0.335 e. The first-order valence-electron chi connectivity index (χ1n) is 7.88. The molecule has 1 aromatic carbocycles. The van der Waals surface area contributed by atoms with Gasteiger partial charge in [0, 0.05) is 6.04 Å². The molecule has 0 radical (unpaired) electrons. The van der Waals surface area contributed by atoms with Crippen LogP contribution in [0.5, 0.6) is 5.75 Å². The Balaban J connectivity index is 1.65. The highest BCUT2D eigenvalue weighted by atomic mass is 16.5. The first-order chi connectivity index (χ1) is 12.0. The number of rotatable bonds is 7. The van der Waals surface area contributed by atoms with Gasteiger partial charge in [0.2, 0.25) is 0 Å². The van der Waals surface area contributed by atoms with Crippen LogP contribution in [0.25, 0.3) is 0 Å². The van der Waals surface area contributed by atoms with Gasteiger partial charge in [-0.1, -0.05) is 5.21 Å². The number of carboxylic acids is 2. The maximum absolute atomic E-state index is 11.1. The zero-order valence-electron chi connectivity index (χ0n) is 13.4. The molecule has 0 amide bonds. The normalized spacial score (nSPS) is 16.7. The van der Waals surface area contributed by atoms with Crippen LogP contribution in [0.2, 0.25) is 0 Å². The van der Waals surface area contributed by atoms with E-state index in [4.69, 9.17) is 14.9 Å². The summed E-state index contributed by atoms with van der Waals surface area (Å²) in [4.78, 5) is 22.2. The minimum absolute atomic E-state index is 0.0697. The van der Waals surface area contributed by atoms with Crippen molar-refractivity contribution >= 4 is 11.9 Å². The predicted octanol–water partition coefficient (Wildman–Crippen LogP) is 1.01. The van der Waals surface area contributed by atoms with Gasteiger partial charge in [-0.2, -0.15) is 0 Å². The molecule has 9 heteroatoms. The molecule has 1 saturated heterocycles. The molecule has 0 spiro atoms. The number of hydrogen-bond donors (Lipinski definition) is 3. The van der Waals surface area contributed by atoms with E-state index >= 15 is 0 Å². The Morgan fingerprint density at radius 2 is 1.96 bits per heavy atom. The molecular weight excluding hydrogens is 328 g/mol. The van der Waals surface area contributed by atoms with Gasteiger partial charge in [-0.25, -0.2) is 9.59 Å². The summed E-state index contributed by atoms with van der Waals surface area (Å²) in [6.07, 6.45) is 4.02. The van der Waals surface area contributed by atoms with Crippen LogP contribution in [0.4, 0.5) is 0 Å². The Bertz CT molecular complexity index is 750.